The Morgan fingerprint density at radius 2 is 1.82 bits per heavy atom. The van der Waals surface area contributed by atoms with Crippen LogP contribution in [0.15, 0.2) is 42.6 Å². The number of hydrogen-bond donors (Lipinski definition) is 4. The van der Waals surface area contributed by atoms with Crippen molar-refractivity contribution in [2.45, 2.75) is 56.9 Å². The summed E-state index contributed by atoms with van der Waals surface area (Å²) in [7, 11) is 1.39. The molecule has 2 saturated heterocycles. The first kappa shape index (κ1) is 34.3. The smallest absolute Gasteiger partial charge is 0.421 e. The Labute approximate surface area is 279 Å². The van der Waals surface area contributed by atoms with Gasteiger partial charge in [-0.3, -0.25) is 9.59 Å². The molecule has 49 heavy (non-hydrogen) atoms. The lowest BCUT2D eigenvalue weighted by atomic mass is 9.98. The molecule has 4 heterocycles. The van der Waals surface area contributed by atoms with E-state index in [1.807, 2.05) is 0 Å². The normalized spacial score (nSPS) is 17.7. The number of alkyl halides is 5. The van der Waals surface area contributed by atoms with Crippen LogP contribution in [0.2, 0.25) is 0 Å². The number of carbonyl (C=O) groups is 2. The third-order valence-electron chi connectivity index (χ3n) is 9.12. The number of nitrogens with zero attached hydrogens (tertiary/aromatic N) is 4. The molecule has 3 aliphatic rings. The molecule has 4 N–H and O–H groups in total. The van der Waals surface area contributed by atoms with E-state index in [0.717, 1.165) is 56.8 Å². The molecule has 2 fully saturated rings. The zero-order valence-corrected chi connectivity index (χ0v) is 26.7. The van der Waals surface area contributed by atoms with Crippen LogP contribution in [0.1, 0.15) is 57.5 Å². The Kier molecular flexibility index (Phi) is 10.2. The molecule has 0 atom stereocenters. The molecule has 2 aromatic carbocycles. The van der Waals surface area contributed by atoms with Gasteiger partial charge in [0.05, 0.1) is 30.6 Å². The first-order valence-corrected chi connectivity index (χ1v) is 16.1. The van der Waals surface area contributed by atoms with Gasteiger partial charge in [-0.25, -0.2) is 13.8 Å². The molecule has 16 heteroatoms. The van der Waals surface area contributed by atoms with E-state index in [2.05, 4.69) is 36.1 Å². The van der Waals surface area contributed by atoms with Gasteiger partial charge in [0.1, 0.15) is 17.1 Å². The van der Waals surface area contributed by atoms with Crippen molar-refractivity contribution in [1.82, 2.24) is 30.4 Å². The summed E-state index contributed by atoms with van der Waals surface area (Å²) in [5.74, 6) is -1.64. The number of fused-ring (bicyclic) bond motifs is 1. The molecule has 1 aromatic heterocycles. The highest BCUT2D eigenvalue weighted by Crippen LogP contribution is 2.38. The van der Waals surface area contributed by atoms with Crippen LogP contribution < -0.4 is 26.0 Å². The SMILES string of the molecule is COc1cc(C(=O)NC2CCN(C3CCNCC3)CC2)ccc1Nc1ncc(C(F)(F)F)c(Nc2cccc3c2C(=O)N(CC(F)F)C3)n1. The van der Waals surface area contributed by atoms with Gasteiger partial charge in [0, 0.05) is 43.5 Å². The molecule has 0 spiro atoms. The van der Waals surface area contributed by atoms with Crippen LogP contribution in [0, 0.1) is 0 Å². The molecule has 3 aliphatic heterocycles. The first-order valence-electron chi connectivity index (χ1n) is 16.1. The van der Waals surface area contributed by atoms with Crippen LogP contribution in [0.25, 0.3) is 0 Å². The molecule has 0 aliphatic carbocycles. The van der Waals surface area contributed by atoms with Gasteiger partial charge in [0.15, 0.2) is 0 Å². The number of aromatic nitrogens is 2. The van der Waals surface area contributed by atoms with E-state index in [-0.39, 0.29) is 41.4 Å². The monoisotopic (exact) mass is 688 g/mol. The summed E-state index contributed by atoms with van der Waals surface area (Å²) in [6, 6.07) is 9.69. The molecule has 3 aromatic rings. The van der Waals surface area contributed by atoms with Crippen LogP contribution in [0.3, 0.4) is 0 Å². The van der Waals surface area contributed by atoms with Crippen molar-refractivity contribution >= 4 is 35.0 Å². The minimum Gasteiger partial charge on any atom is -0.495 e. The van der Waals surface area contributed by atoms with Crippen LogP contribution >= 0.6 is 0 Å². The molecule has 0 radical (unpaired) electrons. The highest BCUT2D eigenvalue weighted by molar-refractivity contribution is 6.04. The quantitative estimate of drug-likeness (QED) is 0.214. The van der Waals surface area contributed by atoms with Crippen molar-refractivity contribution in [1.29, 1.82) is 0 Å². The minimum absolute atomic E-state index is 0.00717. The molecule has 6 rings (SSSR count). The van der Waals surface area contributed by atoms with Gasteiger partial charge >= 0.3 is 6.18 Å². The van der Waals surface area contributed by atoms with Gasteiger partial charge < -0.3 is 35.8 Å². The van der Waals surface area contributed by atoms with Crippen LogP contribution in [0.5, 0.6) is 5.75 Å². The average Bonchev–Trinajstić information content (AvgIpc) is 3.39. The molecule has 0 unspecified atom stereocenters. The van der Waals surface area contributed by atoms with Gasteiger partial charge in [-0.1, -0.05) is 12.1 Å². The molecule has 0 saturated carbocycles. The summed E-state index contributed by atoms with van der Waals surface area (Å²) in [5.41, 5.74) is -0.188. The maximum Gasteiger partial charge on any atom is 0.421 e. The summed E-state index contributed by atoms with van der Waals surface area (Å²) < 4.78 is 73.6. The van der Waals surface area contributed by atoms with E-state index in [4.69, 9.17) is 4.74 Å². The molecular formula is C33H37F5N8O3. The van der Waals surface area contributed by atoms with Crippen molar-refractivity contribution in [3.8, 4) is 5.75 Å². The Bertz CT molecular complexity index is 1680. The number of likely N-dealkylation sites (tertiary alicyclic amines) is 1. The number of benzene rings is 2. The lowest BCUT2D eigenvalue weighted by Gasteiger charge is -2.39. The molecule has 262 valence electrons. The number of halogens is 5. The summed E-state index contributed by atoms with van der Waals surface area (Å²) in [5, 5.41) is 11.9. The predicted molar refractivity (Wildman–Crippen MR) is 172 cm³/mol. The number of piperidine rings is 2. The number of carbonyl (C=O) groups excluding carboxylic acids is 2. The summed E-state index contributed by atoms with van der Waals surface area (Å²) in [6.45, 7) is 3.00. The Hall–Kier alpha value is -4.57. The Balaban J connectivity index is 1.16. The maximum absolute atomic E-state index is 14.0. The highest BCUT2D eigenvalue weighted by Gasteiger charge is 2.37. The van der Waals surface area contributed by atoms with E-state index < -0.39 is 36.4 Å². The van der Waals surface area contributed by atoms with Crippen molar-refractivity contribution in [3.63, 3.8) is 0 Å². The third kappa shape index (κ3) is 7.85. The zero-order valence-electron chi connectivity index (χ0n) is 26.7. The number of hydrogen-bond acceptors (Lipinski definition) is 9. The number of ether oxygens (including phenoxy) is 1. The van der Waals surface area contributed by atoms with Gasteiger partial charge in [-0.05, 0) is 68.6 Å². The maximum atomic E-state index is 14.0. The van der Waals surface area contributed by atoms with Crippen LogP contribution in [0.4, 0.5) is 45.1 Å². The van der Waals surface area contributed by atoms with Gasteiger partial charge in [0.2, 0.25) is 5.95 Å². The van der Waals surface area contributed by atoms with Gasteiger partial charge in [-0.2, -0.15) is 18.2 Å². The van der Waals surface area contributed by atoms with E-state index in [0.29, 0.717) is 29.1 Å². The largest absolute Gasteiger partial charge is 0.495 e. The third-order valence-corrected chi connectivity index (χ3v) is 9.12. The molecule has 11 nitrogen and oxygen atoms in total. The lowest BCUT2D eigenvalue weighted by molar-refractivity contribution is -0.137. The van der Waals surface area contributed by atoms with Crippen molar-refractivity contribution in [2.75, 3.05) is 50.5 Å². The summed E-state index contributed by atoms with van der Waals surface area (Å²) in [6.07, 6.45) is -3.07. The average molecular weight is 689 g/mol. The second-order valence-corrected chi connectivity index (χ2v) is 12.3. The number of anilines is 4. The fourth-order valence-corrected chi connectivity index (χ4v) is 6.62. The fraction of sp³-hybridized carbons (Fsp3) is 0.455. The first-order chi connectivity index (χ1) is 23.5. The Morgan fingerprint density at radius 1 is 1.06 bits per heavy atom. The number of methoxy groups -OCH3 is 1. The number of rotatable bonds is 10. The van der Waals surface area contributed by atoms with Gasteiger partial charge in [0.25, 0.3) is 18.2 Å². The number of nitrogens with one attached hydrogen (secondary N) is 4. The standard InChI is InChI=1S/C33H37F5N8O3/c1-49-26-15-19(30(47)41-21-9-13-45(14-10-21)22-7-11-39-12-8-22)5-6-24(26)43-32-40-16-23(33(36,37)38)29(44-32)42-25-4-2-3-20-17-46(18-27(34)35)31(48)28(20)25/h2-6,15-16,21-22,27,39H,7-14,17-18H2,1H3,(H,41,47)(H2,40,42,43,44). The van der Waals surface area contributed by atoms with E-state index in [1.54, 1.807) is 18.2 Å². The van der Waals surface area contributed by atoms with Crippen molar-refractivity contribution in [2.24, 2.45) is 0 Å². The topological polar surface area (TPSA) is 124 Å². The molecular weight excluding hydrogens is 651 g/mol. The summed E-state index contributed by atoms with van der Waals surface area (Å²) in [4.78, 5) is 37.4. The highest BCUT2D eigenvalue weighted by atomic mass is 19.4. The Morgan fingerprint density at radius 3 is 2.51 bits per heavy atom. The second-order valence-electron chi connectivity index (χ2n) is 12.3. The molecule has 2 amide bonds. The minimum atomic E-state index is -4.86. The van der Waals surface area contributed by atoms with Crippen molar-refractivity contribution in [3.05, 3.63) is 64.8 Å². The molecule has 0 bridgehead atoms. The van der Waals surface area contributed by atoms with Crippen LogP contribution in [-0.4, -0.2) is 89.9 Å². The fourth-order valence-electron chi connectivity index (χ4n) is 6.62. The number of amides is 2. The lowest BCUT2D eigenvalue weighted by Crippen LogP contribution is -2.50. The summed E-state index contributed by atoms with van der Waals surface area (Å²) >= 11 is 0. The zero-order chi connectivity index (χ0) is 34.7. The van der Waals surface area contributed by atoms with E-state index in [9.17, 15) is 31.5 Å². The van der Waals surface area contributed by atoms with Gasteiger partial charge in [-0.15, -0.1) is 0 Å². The second kappa shape index (κ2) is 14.5. The van der Waals surface area contributed by atoms with Crippen LogP contribution in [-0.2, 0) is 12.7 Å². The van der Waals surface area contributed by atoms with E-state index >= 15 is 0 Å². The van der Waals surface area contributed by atoms with E-state index in [1.165, 1.54) is 25.3 Å². The predicted octanol–water partition coefficient (Wildman–Crippen LogP) is 5.16. The van der Waals surface area contributed by atoms with Crippen molar-refractivity contribution < 1.29 is 36.3 Å².